The molecule has 0 aromatic carbocycles. The number of aliphatic hydroxyl groups is 4. The van der Waals surface area contributed by atoms with Crippen LogP contribution in [-0.2, 0) is 9.53 Å². The molecule has 6 nitrogen and oxygen atoms in total. The van der Waals surface area contributed by atoms with Gasteiger partial charge >= 0.3 is 5.97 Å². The molecular weight excluding hydrogens is 468 g/mol. The summed E-state index contributed by atoms with van der Waals surface area (Å²) in [7, 11) is 0. The van der Waals surface area contributed by atoms with Gasteiger partial charge in [0.1, 0.15) is 6.10 Å². The quantitative estimate of drug-likeness (QED) is 0.241. The molecule has 37 heavy (non-hydrogen) atoms. The van der Waals surface area contributed by atoms with Crippen molar-refractivity contribution >= 4 is 5.97 Å². The monoisotopic (exact) mass is 518 g/mol. The van der Waals surface area contributed by atoms with Gasteiger partial charge in [0.15, 0.2) is 0 Å². The smallest absolute Gasteiger partial charge is 0.331 e. The number of hydrogen-bond acceptors (Lipinski definition) is 6. The van der Waals surface area contributed by atoms with Crippen molar-refractivity contribution in [2.24, 2.45) is 29.6 Å². The summed E-state index contributed by atoms with van der Waals surface area (Å²) in [5.74, 6) is -0.708. The number of cyclic esters (lactones) is 1. The number of carbonyl (C=O) groups is 1. The van der Waals surface area contributed by atoms with Crippen LogP contribution in [0, 0.1) is 29.6 Å². The van der Waals surface area contributed by atoms with Gasteiger partial charge in [-0.2, -0.15) is 0 Å². The molecule has 0 saturated heterocycles. The van der Waals surface area contributed by atoms with Crippen LogP contribution in [0.5, 0.6) is 0 Å². The van der Waals surface area contributed by atoms with Crippen molar-refractivity contribution in [1.29, 1.82) is 0 Å². The zero-order valence-electron chi connectivity index (χ0n) is 23.3. The van der Waals surface area contributed by atoms with Gasteiger partial charge in [-0.1, -0.05) is 89.8 Å². The number of allylic oxidation sites excluding steroid dienone is 4. The normalized spacial score (nSPS) is 36.9. The Balaban J connectivity index is 3.10. The highest BCUT2D eigenvalue weighted by molar-refractivity contribution is 5.82. The van der Waals surface area contributed by atoms with Crippen LogP contribution in [0.25, 0.3) is 0 Å². The second-order valence-corrected chi connectivity index (χ2v) is 10.9. The van der Waals surface area contributed by atoms with Crippen molar-refractivity contribution in [3.8, 4) is 0 Å². The summed E-state index contributed by atoms with van der Waals surface area (Å²) in [6.07, 6.45) is 14.5. The number of esters is 1. The molecule has 1 rings (SSSR count). The first-order valence-corrected chi connectivity index (χ1v) is 13.7. The lowest BCUT2D eigenvalue weighted by molar-refractivity contribution is -0.150. The van der Waals surface area contributed by atoms with Gasteiger partial charge in [0.2, 0.25) is 0 Å². The third-order valence-corrected chi connectivity index (χ3v) is 7.34. The topological polar surface area (TPSA) is 107 Å². The summed E-state index contributed by atoms with van der Waals surface area (Å²) >= 11 is 0. The van der Waals surface area contributed by atoms with Gasteiger partial charge in [0.25, 0.3) is 0 Å². The summed E-state index contributed by atoms with van der Waals surface area (Å²) in [5.41, 5.74) is 0. The Kier molecular flexibility index (Phi) is 15.6. The molecule has 1 aliphatic heterocycles. The number of ether oxygens (including phenoxy) is 1. The first kappa shape index (κ1) is 33.0. The Bertz CT molecular complexity index is 785. The highest BCUT2D eigenvalue weighted by Gasteiger charge is 2.31. The van der Waals surface area contributed by atoms with E-state index in [1.807, 2.05) is 45.9 Å². The van der Waals surface area contributed by atoms with Crippen LogP contribution in [0.4, 0.5) is 0 Å². The van der Waals surface area contributed by atoms with E-state index in [1.165, 1.54) is 6.08 Å². The third-order valence-electron chi connectivity index (χ3n) is 7.34. The predicted molar refractivity (Wildman–Crippen MR) is 150 cm³/mol. The zero-order valence-corrected chi connectivity index (χ0v) is 23.3. The maximum atomic E-state index is 12.5. The lowest BCUT2D eigenvalue weighted by Crippen LogP contribution is -2.37. The minimum atomic E-state index is -0.812. The molecule has 0 fully saturated rings. The molecule has 0 amide bonds. The summed E-state index contributed by atoms with van der Waals surface area (Å²) in [4.78, 5) is 12.5. The molecule has 0 aromatic rings. The van der Waals surface area contributed by atoms with Gasteiger partial charge in [-0.05, 0) is 37.5 Å². The summed E-state index contributed by atoms with van der Waals surface area (Å²) in [6, 6.07) is 0. The highest BCUT2D eigenvalue weighted by Crippen LogP contribution is 2.28. The number of rotatable bonds is 3. The van der Waals surface area contributed by atoms with Crippen LogP contribution in [0.15, 0.2) is 61.3 Å². The van der Waals surface area contributed by atoms with Crippen LogP contribution >= 0.6 is 0 Å². The van der Waals surface area contributed by atoms with Crippen molar-refractivity contribution in [3.05, 3.63) is 61.3 Å². The minimum Gasteiger partial charge on any atom is -0.458 e. The molecule has 4 N–H and O–H groups in total. The molecule has 0 spiro atoms. The molecule has 0 saturated carbocycles. The Morgan fingerprint density at radius 3 is 2.41 bits per heavy atom. The second kappa shape index (κ2) is 17.5. The van der Waals surface area contributed by atoms with Crippen LogP contribution in [0.2, 0.25) is 0 Å². The molecule has 6 heteroatoms. The fourth-order valence-electron chi connectivity index (χ4n) is 4.90. The first-order chi connectivity index (χ1) is 17.5. The number of carbonyl (C=O) groups excluding carboxylic acids is 1. The van der Waals surface area contributed by atoms with E-state index in [4.69, 9.17) is 4.74 Å². The molecule has 0 bridgehead atoms. The number of hydrogen-bond donors (Lipinski definition) is 4. The van der Waals surface area contributed by atoms with Gasteiger partial charge in [-0.25, -0.2) is 4.79 Å². The molecule has 0 aromatic heterocycles. The average molecular weight is 519 g/mol. The van der Waals surface area contributed by atoms with E-state index in [-0.39, 0.29) is 36.0 Å². The van der Waals surface area contributed by atoms with Crippen molar-refractivity contribution in [2.75, 3.05) is 0 Å². The number of aliphatic hydroxyl groups excluding tert-OH is 4. The van der Waals surface area contributed by atoms with Crippen molar-refractivity contribution in [3.63, 3.8) is 0 Å². The van der Waals surface area contributed by atoms with Crippen LogP contribution in [-0.4, -0.2) is 56.9 Å². The molecule has 10 atom stereocenters. The van der Waals surface area contributed by atoms with Gasteiger partial charge in [0.05, 0.1) is 24.4 Å². The molecule has 0 unspecified atom stereocenters. The van der Waals surface area contributed by atoms with Gasteiger partial charge in [-0.3, -0.25) is 0 Å². The Morgan fingerprint density at radius 1 is 1.03 bits per heavy atom. The van der Waals surface area contributed by atoms with E-state index in [1.54, 1.807) is 30.4 Å². The van der Waals surface area contributed by atoms with Crippen molar-refractivity contribution in [1.82, 2.24) is 0 Å². The van der Waals surface area contributed by atoms with Crippen LogP contribution in [0.3, 0.4) is 0 Å². The van der Waals surface area contributed by atoms with E-state index in [9.17, 15) is 25.2 Å². The molecule has 0 aliphatic carbocycles. The maximum absolute atomic E-state index is 12.5. The summed E-state index contributed by atoms with van der Waals surface area (Å²) in [6.45, 7) is 13.6. The summed E-state index contributed by atoms with van der Waals surface area (Å²) in [5, 5.41) is 42.2. The van der Waals surface area contributed by atoms with E-state index in [0.29, 0.717) is 12.8 Å². The Labute approximate surface area is 224 Å². The van der Waals surface area contributed by atoms with Crippen LogP contribution < -0.4 is 0 Å². The SMILES string of the molecule is C=CC=C[C@H](C)[C@@H]1OC(=O)C=CC=CC[C@@H](O)C[C@H](O)C=C[C@H](C)[C@H](O)[C@@H](C)C[C@@H](C)CC[C@@H](O)[C@@H]1C. The molecule has 0 radical (unpaired) electrons. The van der Waals surface area contributed by atoms with E-state index in [0.717, 1.165) is 12.8 Å². The second-order valence-electron chi connectivity index (χ2n) is 10.9. The fraction of sp³-hybridized carbons (Fsp3) is 0.645. The summed E-state index contributed by atoms with van der Waals surface area (Å²) < 4.78 is 5.78. The molecule has 210 valence electrons. The molecular formula is C31H50O6. The minimum absolute atomic E-state index is 0.0412. The van der Waals surface area contributed by atoms with Gasteiger partial charge < -0.3 is 25.2 Å². The lowest BCUT2D eigenvalue weighted by Gasteiger charge is -2.31. The van der Waals surface area contributed by atoms with E-state index >= 15 is 0 Å². The fourth-order valence-corrected chi connectivity index (χ4v) is 4.90. The molecule has 1 heterocycles. The standard InChI is InChI=1S/C31H50O6/c1-7-8-12-23(4)31-25(6)28(34)18-15-21(2)19-24(5)30(36)22(3)16-17-27(33)20-26(32)13-10-9-11-14-29(35)37-31/h7-12,14,16-17,21-28,30-34,36H,1,13,15,18-20H2,2-6H3/t21-,22-,23-,24-,25-,26+,27+,28+,30-,31-/m0/s1. The predicted octanol–water partition coefficient (Wildman–Crippen LogP) is 4.90. The van der Waals surface area contributed by atoms with Crippen molar-refractivity contribution in [2.45, 2.75) is 97.2 Å². The van der Waals surface area contributed by atoms with E-state index in [2.05, 4.69) is 13.5 Å². The largest absolute Gasteiger partial charge is 0.458 e. The lowest BCUT2D eigenvalue weighted by atomic mass is 9.82. The van der Waals surface area contributed by atoms with Crippen molar-refractivity contribution < 1.29 is 30.0 Å². The first-order valence-electron chi connectivity index (χ1n) is 13.7. The zero-order chi connectivity index (χ0) is 28.0. The van der Waals surface area contributed by atoms with Gasteiger partial charge in [0, 0.05) is 30.3 Å². The maximum Gasteiger partial charge on any atom is 0.331 e. The highest BCUT2D eigenvalue weighted by atomic mass is 16.5. The Morgan fingerprint density at radius 2 is 1.73 bits per heavy atom. The van der Waals surface area contributed by atoms with Crippen LogP contribution in [0.1, 0.15) is 66.7 Å². The average Bonchev–Trinajstić information content (AvgIpc) is 2.85. The third kappa shape index (κ3) is 12.9. The van der Waals surface area contributed by atoms with E-state index < -0.39 is 36.5 Å². The Hall–Kier alpha value is -1.99. The van der Waals surface area contributed by atoms with Gasteiger partial charge in [-0.15, -0.1) is 0 Å². The molecule has 1 aliphatic rings.